The van der Waals surface area contributed by atoms with Crippen LogP contribution in [0, 0.1) is 0 Å². The molecule has 0 amide bonds. The van der Waals surface area contributed by atoms with Crippen LogP contribution < -0.4 is 0 Å². The lowest BCUT2D eigenvalue weighted by atomic mass is 10.1. The Morgan fingerprint density at radius 2 is 1.86 bits per heavy atom. The summed E-state index contributed by atoms with van der Waals surface area (Å²) in [6.45, 7) is 9.76. The van der Waals surface area contributed by atoms with Crippen molar-refractivity contribution in [3.8, 4) is 0 Å². The average molecular weight is 188 g/mol. The summed E-state index contributed by atoms with van der Waals surface area (Å²) < 4.78 is 0. The van der Waals surface area contributed by atoms with Crippen LogP contribution in [0.2, 0.25) is 0 Å². The fraction of sp³-hybridized carbons (Fsp3) is 0.286. The molecule has 0 unspecified atom stereocenters. The molecule has 0 radical (unpaired) electrons. The minimum absolute atomic E-state index is 1.03. The topological polar surface area (TPSA) is 0 Å². The van der Waals surface area contributed by atoms with Gasteiger partial charge < -0.3 is 0 Å². The van der Waals surface area contributed by atoms with Crippen LogP contribution in [0.3, 0.4) is 0 Å². The molecule has 1 rings (SSSR count). The van der Waals surface area contributed by atoms with Gasteiger partial charge in [0.15, 0.2) is 0 Å². The van der Waals surface area contributed by atoms with Crippen molar-refractivity contribution in [2.24, 2.45) is 0 Å². The van der Waals surface area contributed by atoms with Gasteiger partial charge in [0.1, 0.15) is 0 Å². The Bertz CT molecular complexity index is 272. The highest BCUT2D eigenvalue weighted by Gasteiger charge is 1.93. The second-order valence-electron chi connectivity index (χ2n) is 2.77. The SMILES string of the molecule is C=C/C=C\C1=C(C)C=CCC=C1.CC. The van der Waals surface area contributed by atoms with Crippen LogP contribution in [0.15, 0.2) is 60.3 Å². The van der Waals surface area contributed by atoms with Crippen molar-refractivity contribution in [2.75, 3.05) is 0 Å². The third-order valence-corrected chi connectivity index (χ3v) is 1.80. The van der Waals surface area contributed by atoms with Gasteiger partial charge in [0.2, 0.25) is 0 Å². The van der Waals surface area contributed by atoms with E-state index in [1.807, 2.05) is 19.9 Å². The second-order valence-corrected chi connectivity index (χ2v) is 2.77. The summed E-state index contributed by atoms with van der Waals surface area (Å²) in [5.74, 6) is 0. The molecule has 0 saturated carbocycles. The van der Waals surface area contributed by atoms with E-state index >= 15 is 0 Å². The first kappa shape index (κ1) is 12.7. The summed E-state index contributed by atoms with van der Waals surface area (Å²) in [6.07, 6.45) is 15.5. The molecule has 0 aromatic heterocycles. The van der Waals surface area contributed by atoms with Crippen molar-refractivity contribution in [3.63, 3.8) is 0 Å². The van der Waals surface area contributed by atoms with E-state index in [0.29, 0.717) is 0 Å². The molecule has 0 bridgehead atoms. The quantitative estimate of drug-likeness (QED) is 0.556. The lowest BCUT2D eigenvalue weighted by Gasteiger charge is -1.95. The Balaban J connectivity index is 0.000000791. The predicted molar refractivity (Wildman–Crippen MR) is 66.3 cm³/mol. The van der Waals surface area contributed by atoms with Crippen LogP contribution in [0.1, 0.15) is 27.2 Å². The van der Waals surface area contributed by atoms with Crippen LogP contribution in [0.25, 0.3) is 0 Å². The Hall–Kier alpha value is -1.30. The number of hydrogen-bond acceptors (Lipinski definition) is 0. The fourth-order valence-corrected chi connectivity index (χ4v) is 1.10. The van der Waals surface area contributed by atoms with Gasteiger partial charge in [0.05, 0.1) is 0 Å². The van der Waals surface area contributed by atoms with Crippen LogP contribution in [-0.4, -0.2) is 0 Å². The molecular weight excluding hydrogens is 168 g/mol. The Morgan fingerprint density at radius 3 is 2.50 bits per heavy atom. The lowest BCUT2D eigenvalue weighted by Crippen LogP contribution is -1.75. The van der Waals surface area contributed by atoms with Crippen molar-refractivity contribution in [1.29, 1.82) is 0 Å². The highest BCUT2D eigenvalue weighted by atomic mass is 14.0. The van der Waals surface area contributed by atoms with E-state index in [1.54, 1.807) is 6.08 Å². The first-order valence-corrected chi connectivity index (χ1v) is 5.17. The highest BCUT2D eigenvalue weighted by molar-refractivity contribution is 5.42. The van der Waals surface area contributed by atoms with Gasteiger partial charge in [-0.25, -0.2) is 0 Å². The smallest absolute Gasteiger partial charge is 0.0163 e. The Labute approximate surface area is 88.0 Å². The van der Waals surface area contributed by atoms with E-state index in [4.69, 9.17) is 0 Å². The molecule has 0 heterocycles. The van der Waals surface area contributed by atoms with E-state index in [1.165, 1.54) is 11.1 Å². The molecule has 0 nitrogen and oxygen atoms in total. The van der Waals surface area contributed by atoms with Gasteiger partial charge in [-0.3, -0.25) is 0 Å². The van der Waals surface area contributed by atoms with Gasteiger partial charge in [-0.1, -0.05) is 63.0 Å². The lowest BCUT2D eigenvalue weighted by molar-refractivity contribution is 1.40. The zero-order valence-electron chi connectivity index (χ0n) is 9.46. The second kappa shape index (κ2) is 8.31. The summed E-state index contributed by atoms with van der Waals surface area (Å²) in [7, 11) is 0. The van der Waals surface area contributed by atoms with Gasteiger partial charge in [-0.15, -0.1) is 0 Å². The van der Waals surface area contributed by atoms with Crippen molar-refractivity contribution in [3.05, 3.63) is 60.3 Å². The summed E-state index contributed by atoms with van der Waals surface area (Å²) in [4.78, 5) is 0. The van der Waals surface area contributed by atoms with Crippen LogP contribution in [0.5, 0.6) is 0 Å². The molecule has 0 N–H and O–H groups in total. The van der Waals surface area contributed by atoms with Crippen molar-refractivity contribution >= 4 is 0 Å². The largest absolute Gasteiger partial charge is 0.0991 e. The molecule has 0 fully saturated rings. The molecule has 0 heteroatoms. The zero-order chi connectivity index (χ0) is 10.8. The van der Waals surface area contributed by atoms with Gasteiger partial charge in [-0.2, -0.15) is 0 Å². The molecule has 0 aliphatic heterocycles. The van der Waals surface area contributed by atoms with Crippen molar-refractivity contribution in [1.82, 2.24) is 0 Å². The molecule has 0 atom stereocenters. The minimum atomic E-state index is 1.03. The van der Waals surface area contributed by atoms with E-state index in [9.17, 15) is 0 Å². The summed E-state index contributed by atoms with van der Waals surface area (Å²) in [5.41, 5.74) is 2.57. The third kappa shape index (κ3) is 4.66. The van der Waals surface area contributed by atoms with Gasteiger partial charge in [-0.05, 0) is 24.5 Å². The maximum Gasteiger partial charge on any atom is -0.0163 e. The molecule has 76 valence electrons. The average Bonchev–Trinajstić information content (AvgIpc) is 2.43. The number of hydrogen-bond donors (Lipinski definition) is 0. The van der Waals surface area contributed by atoms with Crippen LogP contribution in [0.4, 0.5) is 0 Å². The predicted octanol–water partition coefficient (Wildman–Crippen LogP) is 4.59. The molecule has 0 saturated heterocycles. The van der Waals surface area contributed by atoms with Crippen molar-refractivity contribution in [2.45, 2.75) is 27.2 Å². The Kier molecular flexibility index (Phi) is 7.53. The molecule has 0 aromatic rings. The standard InChI is InChI=1S/C12H14.C2H6/c1-3-4-9-12-10-7-5-6-8-11(12)2;1-2/h3-4,6-10H,1,5H2,2H3;1-2H3/b9-4-;. The van der Waals surface area contributed by atoms with Crippen LogP contribution in [-0.2, 0) is 0 Å². The van der Waals surface area contributed by atoms with Gasteiger partial charge in [0.25, 0.3) is 0 Å². The van der Waals surface area contributed by atoms with E-state index in [2.05, 4.69) is 43.9 Å². The zero-order valence-corrected chi connectivity index (χ0v) is 9.46. The summed E-state index contributed by atoms with van der Waals surface area (Å²) in [6, 6.07) is 0. The maximum atomic E-state index is 3.64. The van der Waals surface area contributed by atoms with E-state index in [-0.39, 0.29) is 0 Å². The molecule has 1 aliphatic carbocycles. The monoisotopic (exact) mass is 188 g/mol. The normalized spacial score (nSPS) is 15.1. The molecular formula is C14H20. The van der Waals surface area contributed by atoms with E-state index in [0.717, 1.165) is 6.42 Å². The first-order chi connectivity index (χ1) is 6.84. The first-order valence-electron chi connectivity index (χ1n) is 5.17. The molecule has 1 aliphatic rings. The van der Waals surface area contributed by atoms with Crippen LogP contribution >= 0.6 is 0 Å². The van der Waals surface area contributed by atoms with Crippen molar-refractivity contribution < 1.29 is 0 Å². The molecule has 14 heavy (non-hydrogen) atoms. The summed E-state index contributed by atoms with van der Waals surface area (Å²) >= 11 is 0. The minimum Gasteiger partial charge on any atom is -0.0991 e. The number of allylic oxidation sites excluding steroid dienone is 9. The number of rotatable bonds is 2. The maximum absolute atomic E-state index is 3.64. The van der Waals surface area contributed by atoms with Gasteiger partial charge >= 0.3 is 0 Å². The third-order valence-electron chi connectivity index (χ3n) is 1.80. The van der Waals surface area contributed by atoms with E-state index < -0.39 is 0 Å². The Morgan fingerprint density at radius 1 is 1.21 bits per heavy atom. The molecule has 0 spiro atoms. The van der Waals surface area contributed by atoms with Gasteiger partial charge in [0, 0.05) is 0 Å². The fourth-order valence-electron chi connectivity index (χ4n) is 1.10. The molecule has 0 aromatic carbocycles. The highest BCUT2D eigenvalue weighted by Crippen LogP contribution is 2.13. The summed E-state index contributed by atoms with van der Waals surface area (Å²) in [5, 5.41) is 0.